The first kappa shape index (κ1) is 32.9. The van der Waals surface area contributed by atoms with Crippen LogP contribution < -0.4 is 5.32 Å². The van der Waals surface area contributed by atoms with Gasteiger partial charge >= 0.3 is 0 Å². The molecular formula is C36H59NO7. The Labute approximate surface area is 264 Å². The molecule has 1 unspecified atom stereocenters. The number of hydrogen-bond acceptors (Lipinski definition) is 7. The van der Waals surface area contributed by atoms with Crippen molar-refractivity contribution in [3.05, 3.63) is 11.6 Å². The minimum Gasteiger partial charge on any atom is -0.394 e. The second-order valence-corrected chi connectivity index (χ2v) is 18.0. The fourth-order valence-electron chi connectivity index (χ4n) is 12.1. The zero-order valence-corrected chi connectivity index (χ0v) is 28.1. The minimum absolute atomic E-state index is 0.0465. The van der Waals surface area contributed by atoms with E-state index in [1.807, 2.05) is 0 Å². The van der Waals surface area contributed by atoms with Gasteiger partial charge in [0.15, 0.2) is 6.23 Å². The highest BCUT2D eigenvalue weighted by Crippen LogP contribution is 2.75. The second-order valence-electron chi connectivity index (χ2n) is 18.0. The van der Waals surface area contributed by atoms with Gasteiger partial charge in [0.25, 0.3) is 0 Å². The van der Waals surface area contributed by atoms with E-state index in [1.54, 1.807) is 0 Å². The van der Waals surface area contributed by atoms with Crippen LogP contribution in [0.1, 0.15) is 113 Å². The van der Waals surface area contributed by atoms with Gasteiger partial charge in [-0.3, -0.25) is 4.79 Å². The highest BCUT2D eigenvalue weighted by molar-refractivity contribution is 5.84. The Morgan fingerprint density at radius 2 is 1.55 bits per heavy atom. The number of carbonyl (C=O) groups is 1. The van der Waals surface area contributed by atoms with Gasteiger partial charge in [0.05, 0.1) is 18.1 Å². The standard InChI is InChI=1S/C36H59NO7/c1-31(2)14-16-36(30(43)37-29-28(42)27(41)26(40)22(19-38)44-29)17-15-34(6)20(21(36)18-31)8-9-24-33(5)12-11-25(39)32(3,4)23(33)10-13-35(24,34)7/h8,21-29,38-42H,9-19H2,1-7H3,(H,37,43)/t21-,22-,23?,24+,25-,26+,27+,28-,29-,33-,34+,35+,36-/m0/s1. The van der Waals surface area contributed by atoms with Crippen LogP contribution in [0.3, 0.4) is 0 Å². The SMILES string of the molecule is CC1(C)CC[C@]2(C(=O)N[C@H]3O[C@@H](CO)[C@@H](O)[C@@H](O)[C@@H]3O)CC[C@]3(C)C(=CC[C@@H]4[C@@]5(C)CC[C@H](O)C(C)(C)C5CC[C@]43C)[C@@H]2C1. The first-order valence-electron chi connectivity index (χ1n) is 17.4. The maximum absolute atomic E-state index is 14.5. The topological polar surface area (TPSA) is 139 Å². The van der Waals surface area contributed by atoms with Crippen LogP contribution in [0.15, 0.2) is 11.6 Å². The summed E-state index contributed by atoms with van der Waals surface area (Å²) < 4.78 is 5.73. The molecule has 0 aromatic carbocycles. The summed E-state index contributed by atoms with van der Waals surface area (Å²) >= 11 is 0. The van der Waals surface area contributed by atoms with Crippen LogP contribution in [0.4, 0.5) is 0 Å². The van der Waals surface area contributed by atoms with Crippen LogP contribution in [0.2, 0.25) is 0 Å². The van der Waals surface area contributed by atoms with Crippen molar-refractivity contribution in [1.29, 1.82) is 0 Å². The van der Waals surface area contributed by atoms with Crippen molar-refractivity contribution in [3.63, 3.8) is 0 Å². The lowest BCUT2D eigenvalue weighted by molar-refractivity contribution is -0.238. The Bertz CT molecular complexity index is 1180. The van der Waals surface area contributed by atoms with Gasteiger partial charge in [-0.25, -0.2) is 0 Å². The lowest BCUT2D eigenvalue weighted by Gasteiger charge is -2.71. The van der Waals surface area contributed by atoms with E-state index in [9.17, 15) is 30.3 Å². The van der Waals surface area contributed by atoms with Gasteiger partial charge in [0.1, 0.15) is 24.4 Å². The molecule has 8 nitrogen and oxygen atoms in total. The van der Waals surface area contributed by atoms with Gasteiger partial charge in [-0.15, -0.1) is 0 Å². The third-order valence-corrected chi connectivity index (χ3v) is 15.2. The van der Waals surface area contributed by atoms with Crippen LogP contribution >= 0.6 is 0 Å². The third kappa shape index (κ3) is 4.40. The molecule has 1 aliphatic heterocycles. The molecule has 0 aromatic rings. The number of rotatable bonds is 3. The van der Waals surface area contributed by atoms with Crippen molar-refractivity contribution in [2.45, 2.75) is 149 Å². The van der Waals surface area contributed by atoms with E-state index < -0.39 is 42.7 Å². The number of aliphatic hydroxyl groups is 5. The molecule has 6 N–H and O–H groups in total. The van der Waals surface area contributed by atoms with E-state index in [0.717, 1.165) is 64.2 Å². The van der Waals surface area contributed by atoms with E-state index in [-0.39, 0.29) is 45.0 Å². The molecule has 1 saturated heterocycles. The summed E-state index contributed by atoms with van der Waals surface area (Å²) in [5.74, 6) is 0.899. The van der Waals surface area contributed by atoms with Crippen molar-refractivity contribution >= 4 is 5.91 Å². The molecule has 6 aliphatic rings. The Morgan fingerprint density at radius 1 is 0.864 bits per heavy atom. The maximum Gasteiger partial charge on any atom is 0.228 e. The largest absolute Gasteiger partial charge is 0.394 e. The van der Waals surface area contributed by atoms with Crippen molar-refractivity contribution in [3.8, 4) is 0 Å². The number of hydrogen-bond donors (Lipinski definition) is 6. The van der Waals surface area contributed by atoms with Gasteiger partial charge < -0.3 is 35.6 Å². The highest BCUT2D eigenvalue weighted by atomic mass is 16.6. The molecule has 13 atom stereocenters. The minimum atomic E-state index is -1.53. The molecule has 4 saturated carbocycles. The molecular weight excluding hydrogens is 558 g/mol. The summed E-state index contributed by atoms with van der Waals surface area (Å²) in [5.41, 5.74) is 0.967. The molecule has 0 aromatic heterocycles. The van der Waals surface area contributed by atoms with Crippen molar-refractivity contribution in [1.82, 2.24) is 5.32 Å². The zero-order chi connectivity index (χ0) is 32.3. The average molecular weight is 618 g/mol. The molecule has 1 amide bonds. The maximum atomic E-state index is 14.5. The first-order chi connectivity index (χ1) is 20.4. The zero-order valence-electron chi connectivity index (χ0n) is 28.1. The van der Waals surface area contributed by atoms with Crippen molar-refractivity contribution in [2.24, 2.45) is 50.2 Å². The van der Waals surface area contributed by atoms with Crippen molar-refractivity contribution in [2.75, 3.05) is 6.61 Å². The van der Waals surface area contributed by atoms with E-state index >= 15 is 0 Å². The van der Waals surface area contributed by atoms with Gasteiger partial charge in [0.2, 0.25) is 5.91 Å². The van der Waals surface area contributed by atoms with E-state index in [4.69, 9.17) is 4.74 Å². The molecule has 0 spiro atoms. The van der Waals surface area contributed by atoms with Crippen LogP contribution in [-0.2, 0) is 9.53 Å². The highest BCUT2D eigenvalue weighted by Gasteiger charge is 2.69. The Morgan fingerprint density at radius 3 is 2.23 bits per heavy atom. The third-order valence-electron chi connectivity index (χ3n) is 15.2. The molecule has 250 valence electrons. The number of fused-ring (bicyclic) bond motifs is 7. The summed E-state index contributed by atoms with van der Waals surface area (Å²) in [6, 6.07) is 0. The molecule has 5 fully saturated rings. The molecule has 0 bridgehead atoms. The van der Waals surface area contributed by atoms with Crippen LogP contribution in [-0.4, -0.2) is 74.8 Å². The summed E-state index contributed by atoms with van der Waals surface area (Å²) in [6.45, 7) is 16.2. The summed E-state index contributed by atoms with van der Waals surface area (Å²) in [5, 5.41) is 55.1. The number of allylic oxidation sites excluding steroid dienone is 2. The number of nitrogens with one attached hydrogen (secondary N) is 1. The molecule has 5 aliphatic carbocycles. The van der Waals surface area contributed by atoms with Crippen molar-refractivity contribution < 1.29 is 35.1 Å². The van der Waals surface area contributed by atoms with Crippen LogP contribution in [0.5, 0.6) is 0 Å². The second kappa shape index (κ2) is 10.5. The number of amides is 1. The van der Waals surface area contributed by atoms with Crippen LogP contribution in [0.25, 0.3) is 0 Å². The number of carbonyl (C=O) groups excluding carboxylic acids is 1. The van der Waals surface area contributed by atoms with Gasteiger partial charge in [-0.05, 0) is 109 Å². The Hall–Kier alpha value is -1.03. The normalized spacial score (nSPS) is 52.8. The van der Waals surface area contributed by atoms with Gasteiger partial charge in [-0.2, -0.15) is 0 Å². The molecule has 1 heterocycles. The van der Waals surface area contributed by atoms with E-state index in [0.29, 0.717) is 11.8 Å². The fraction of sp³-hybridized carbons (Fsp3) is 0.917. The quantitative estimate of drug-likeness (QED) is 0.263. The summed E-state index contributed by atoms with van der Waals surface area (Å²) in [7, 11) is 0. The summed E-state index contributed by atoms with van der Waals surface area (Å²) in [6.07, 6.45) is 4.92. The van der Waals surface area contributed by atoms with Crippen LogP contribution in [0, 0.1) is 50.2 Å². The smallest absolute Gasteiger partial charge is 0.228 e. The van der Waals surface area contributed by atoms with E-state index in [2.05, 4.69) is 59.9 Å². The summed E-state index contributed by atoms with van der Waals surface area (Å²) in [4.78, 5) is 14.5. The van der Waals surface area contributed by atoms with E-state index in [1.165, 1.54) is 5.57 Å². The predicted octanol–water partition coefficient (Wildman–Crippen LogP) is 4.07. The van der Waals surface area contributed by atoms with Gasteiger partial charge in [-0.1, -0.05) is 60.1 Å². The molecule has 6 rings (SSSR count). The average Bonchev–Trinajstić information content (AvgIpc) is 2.95. The van der Waals surface area contributed by atoms with Gasteiger partial charge in [0, 0.05) is 0 Å². The monoisotopic (exact) mass is 617 g/mol. The number of aliphatic hydroxyl groups excluding tert-OH is 5. The number of ether oxygens (including phenoxy) is 1. The fourth-order valence-corrected chi connectivity index (χ4v) is 12.1. The first-order valence-corrected chi connectivity index (χ1v) is 17.4. The molecule has 8 heteroatoms. The predicted molar refractivity (Wildman–Crippen MR) is 167 cm³/mol. The molecule has 44 heavy (non-hydrogen) atoms. The lowest BCUT2D eigenvalue weighted by Crippen LogP contribution is -2.67. The Kier molecular flexibility index (Phi) is 7.84. The molecule has 0 radical (unpaired) electrons. The Balaban J connectivity index is 1.35. The lowest BCUT2D eigenvalue weighted by atomic mass is 9.33.